The van der Waals surface area contributed by atoms with Crippen molar-refractivity contribution in [2.45, 2.75) is 69.5 Å². The molecule has 1 saturated heterocycles. The molecule has 29 heavy (non-hydrogen) atoms. The highest BCUT2D eigenvalue weighted by Crippen LogP contribution is 2.44. The molecule has 7 heteroatoms. The number of thiophene rings is 1. The molecule has 2 fully saturated rings. The quantitative estimate of drug-likeness (QED) is 0.423. The minimum Gasteiger partial charge on any atom is -0.388 e. The molecule has 1 saturated carbocycles. The van der Waals surface area contributed by atoms with Gasteiger partial charge >= 0.3 is 0 Å². The smallest absolute Gasteiger partial charge is 0.0966 e. The number of aliphatic imine (C=N–C) groups is 1. The molecule has 0 radical (unpaired) electrons. The molecule has 3 N–H and O–H groups in total. The second kappa shape index (κ2) is 8.84. The van der Waals surface area contributed by atoms with Gasteiger partial charge in [0.15, 0.2) is 0 Å². The number of ether oxygens (including phenoxy) is 1. The van der Waals surface area contributed by atoms with Crippen molar-refractivity contribution in [3.05, 3.63) is 21.4 Å². The molecule has 0 atom stereocenters. The largest absolute Gasteiger partial charge is 0.388 e. The summed E-state index contributed by atoms with van der Waals surface area (Å²) in [6, 6.07) is 2.39. The summed E-state index contributed by atoms with van der Waals surface area (Å²) in [6.45, 7) is 6.14. The monoisotopic (exact) mass is 418 g/mol. The Morgan fingerprint density at radius 1 is 1.31 bits per heavy atom. The Balaban J connectivity index is 1.33. The number of hydrogen-bond donors (Lipinski definition) is 2. The first-order valence-corrected chi connectivity index (χ1v) is 11.8. The van der Waals surface area contributed by atoms with Crippen LogP contribution in [0.2, 0.25) is 0 Å². The van der Waals surface area contributed by atoms with Gasteiger partial charge in [-0.2, -0.15) is 5.10 Å². The number of aliphatic hydroxyl groups is 1. The molecule has 1 spiro atoms. The Hall–Kier alpha value is -1.28. The number of piperidine rings is 1. The van der Waals surface area contributed by atoms with Gasteiger partial charge in [0.25, 0.3) is 0 Å². The van der Waals surface area contributed by atoms with E-state index >= 15 is 0 Å². The molecular formula is C22H34N4O2S. The van der Waals surface area contributed by atoms with Crippen molar-refractivity contribution < 1.29 is 9.84 Å². The Kier molecular flexibility index (Phi) is 6.39. The van der Waals surface area contributed by atoms with E-state index in [1.807, 2.05) is 11.3 Å². The molecule has 3 heterocycles. The number of hydrogen-bond acceptors (Lipinski definition) is 7. The van der Waals surface area contributed by atoms with E-state index in [-0.39, 0.29) is 5.60 Å². The Morgan fingerprint density at radius 2 is 2.07 bits per heavy atom. The summed E-state index contributed by atoms with van der Waals surface area (Å²) in [5.74, 6) is 5.62. The van der Waals surface area contributed by atoms with E-state index in [2.05, 4.69) is 28.0 Å². The lowest BCUT2D eigenvalue weighted by atomic mass is 9.82. The topological polar surface area (TPSA) is 83.4 Å². The molecule has 0 amide bonds. The van der Waals surface area contributed by atoms with E-state index in [0.717, 1.165) is 76.8 Å². The number of hydrazone groups is 1. The van der Waals surface area contributed by atoms with Gasteiger partial charge < -0.3 is 15.7 Å². The van der Waals surface area contributed by atoms with Crippen molar-refractivity contribution in [1.29, 1.82) is 0 Å². The van der Waals surface area contributed by atoms with Gasteiger partial charge in [0.1, 0.15) is 0 Å². The van der Waals surface area contributed by atoms with Crippen molar-refractivity contribution in [3.63, 3.8) is 0 Å². The highest BCUT2D eigenvalue weighted by Gasteiger charge is 2.41. The van der Waals surface area contributed by atoms with Gasteiger partial charge in [-0.15, -0.1) is 11.3 Å². The van der Waals surface area contributed by atoms with Crippen LogP contribution in [-0.2, 0) is 23.2 Å². The summed E-state index contributed by atoms with van der Waals surface area (Å²) >= 11 is 1.97. The fourth-order valence-corrected chi connectivity index (χ4v) is 6.17. The molecule has 0 bridgehead atoms. The predicted molar refractivity (Wildman–Crippen MR) is 119 cm³/mol. The van der Waals surface area contributed by atoms with Gasteiger partial charge in [0, 0.05) is 42.0 Å². The summed E-state index contributed by atoms with van der Waals surface area (Å²) in [6.07, 6.45) is 9.80. The third-order valence-electron chi connectivity index (χ3n) is 6.78. The van der Waals surface area contributed by atoms with E-state index in [0.29, 0.717) is 13.1 Å². The average molecular weight is 419 g/mol. The van der Waals surface area contributed by atoms with E-state index in [1.54, 1.807) is 6.21 Å². The summed E-state index contributed by atoms with van der Waals surface area (Å²) in [7, 11) is 0. The number of aryl methyl sites for hydroxylation is 1. The van der Waals surface area contributed by atoms with E-state index in [4.69, 9.17) is 10.6 Å². The van der Waals surface area contributed by atoms with Crippen LogP contribution in [-0.4, -0.2) is 60.3 Å². The fraction of sp³-hybridized carbons (Fsp3) is 0.727. The number of fused-ring (bicyclic) bond motifs is 2. The maximum absolute atomic E-state index is 10.4. The zero-order valence-electron chi connectivity index (χ0n) is 17.5. The molecule has 1 aromatic rings. The summed E-state index contributed by atoms with van der Waals surface area (Å²) in [5.41, 5.74) is 1.50. The standard InChI is InChI=1S/C22H34N4O2S/c1-2-18-13-19-20(29-18)5-12-28-22(19)8-10-26(11-9-22)15-17(25-23)14-24-16-21(27)6-3-4-7-21/h13-14,27H,2-12,15-16,23H2,1H3. The van der Waals surface area contributed by atoms with Crippen molar-refractivity contribution in [3.8, 4) is 0 Å². The van der Waals surface area contributed by atoms with Gasteiger partial charge in [-0.05, 0) is 43.7 Å². The number of nitrogens with two attached hydrogens (primary N) is 1. The molecule has 160 valence electrons. The predicted octanol–water partition coefficient (Wildman–Crippen LogP) is 2.86. The highest BCUT2D eigenvalue weighted by molar-refractivity contribution is 7.12. The first kappa shape index (κ1) is 21.0. The highest BCUT2D eigenvalue weighted by atomic mass is 32.1. The van der Waals surface area contributed by atoms with E-state index < -0.39 is 5.60 Å². The van der Waals surface area contributed by atoms with Crippen LogP contribution in [0.5, 0.6) is 0 Å². The van der Waals surface area contributed by atoms with Crippen LogP contribution in [0.1, 0.15) is 60.8 Å². The van der Waals surface area contributed by atoms with E-state index in [1.165, 1.54) is 15.3 Å². The summed E-state index contributed by atoms with van der Waals surface area (Å²) < 4.78 is 6.37. The Bertz CT molecular complexity index is 759. The lowest BCUT2D eigenvalue weighted by molar-refractivity contribution is -0.0953. The molecule has 0 aromatic carbocycles. The number of rotatable bonds is 6. The van der Waals surface area contributed by atoms with Gasteiger partial charge in [-0.25, -0.2) is 0 Å². The first-order valence-electron chi connectivity index (χ1n) is 11.0. The van der Waals surface area contributed by atoms with Crippen LogP contribution in [0.25, 0.3) is 0 Å². The third-order valence-corrected chi connectivity index (χ3v) is 8.12. The normalized spacial score (nSPS) is 24.4. The van der Waals surface area contributed by atoms with Gasteiger partial charge in [0.05, 0.1) is 30.1 Å². The zero-order chi connectivity index (χ0) is 20.3. The van der Waals surface area contributed by atoms with Crippen LogP contribution < -0.4 is 5.84 Å². The van der Waals surface area contributed by atoms with Crippen molar-refractivity contribution in [2.24, 2.45) is 15.9 Å². The Morgan fingerprint density at radius 3 is 2.76 bits per heavy atom. The SMILES string of the molecule is CCc1cc2c(s1)CCOC21CCN(CC(C=NCC2(O)CCCC2)=NN)CC1. The lowest BCUT2D eigenvalue weighted by Gasteiger charge is -2.44. The lowest BCUT2D eigenvalue weighted by Crippen LogP contribution is -2.47. The molecule has 4 rings (SSSR count). The molecular weight excluding hydrogens is 384 g/mol. The second-order valence-electron chi connectivity index (χ2n) is 8.79. The van der Waals surface area contributed by atoms with Gasteiger partial charge in [-0.1, -0.05) is 19.8 Å². The van der Waals surface area contributed by atoms with Crippen LogP contribution in [0.3, 0.4) is 0 Å². The van der Waals surface area contributed by atoms with Crippen molar-refractivity contribution in [1.82, 2.24) is 4.90 Å². The first-order chi connectivity index (χ1) is 14.1. The van der Waals surface area contributed by atoms with Crippen LogP contribution >= 0.6 is 11.3 Å². The Labute approximate surface area is 177 Å². The van der Waals surface area contributed by atoms with Crippen LogP contribution in [0, 0.1) is 0 Å². The third kappa shape index (κ3) is 4.58. The second-order valence-corrected chi connectivity index (χ2v) is 10.0. The van der Waals surface area contributed by atoms with Crippen molar-refractivity contribution in [2.75, 3.05) is 32.8 Å². The maximum atomic E-state index is 10.4. The molecule has 6 nitrogen and oxygen atoms in total. The zero-order valence-corrected chi connectivity index (χ0v) is 18.3. The number of nitrogens with zero attached hydrogens (tertiary/aromatic N) is 3. The average Bonchev–Trinajstić information content (AvgIpc) is 3.36. The van der Waals surface area contributed by atoms with Crippen LogP contribution in [0.15, 0.2) is 16.2 Å². The van der Waals surface area contributed by atoms with Gasteiger partial charge in [0.2, 0.25) is 0 Å². The fourth-order valence-electron chi connectivity index (χ4n) is 4.99. The summed E-state index contributed by atoms with van der Waals surface area (Å²) in [4.78, 5) is 9.84. The van der Waals surface area contributed by atoms with Crippen molar-refractivity contribution >= 4 is 23.3 Å². The molecule has 1 aliphatic carbocycles. The molecule has 1 aromatic heterocycles. The summed E-state index contributed by atoms with van der Waals surface area (Å²) in [5, 5.41) is 14.4. The molecule has 3 aliphatic rings. The maximum Gasteiger partial charge on any atom is 0.0966 e. The van der Waals surface area contributed by atoms with E-state index in [9.17, 15) is 5.11 Å². The minimum atomic E-state index is -0.623. The van der Waals surface area contributed by atoms with Crippen LogP contribution in [0.4, 0.5) is 0 Å². The molecule has 0 unspecified atom stereocenters. The molecule has 2 aliphatic heterocycles. The number of likely N-dealkylation sites (tertiary alicyclic amines) is 1. The minimum absolute atomic E-state index is 0.103. The van der Waals surface area contributed by atoms with Gasteiger partial charge in [-0.3, -0.25) is 9.89 Å².